The van der Waals surface area contributed by atoms with Gasteiger partial charge in [-0.2, -0.15) is 10.4 Å². The number of benzene rings is 1. The molecule has 0 bridgehead atoms. The molecule has 0 aliphatic heterocycles. The van der Waals surface area contributed by atoms with E-state index in [0.717, 1.165) is 16.8 Å². The van der Waals surface area contributed by atoms with Crippen LogP contribution in [0.25, 0.3) is 11.3 Å². The fourth-order valence-corrected chi connectivity index (χ4v) is 3.82. The number of nitrogens with one attached hydrogen (secondary N) is 1. The van der Waals surface area contributed by atoms with Crippen LogP contribution in [-0.2, 0) is 6.54 Å². The number of amides is 1. The summed E-state index contributed by atoms with van der Waals surface area (Å²) >= 11 is 7.42. The highest BCUT2D eigenvalue weighted by Gasteiger charge is 2.16. The second kappa shape index (κ2) is 9.20. The molecule has 30 heavy (non-hydrogen) atoms. The third-order valence-corrected chi connectivity index (χ3v) is 6.06. The Balaban J connectivity index is 1.60. The molecule has 2 aromatic heterocycles. The summed E-state index contributed by atoms with van der Waals surface area (Å²) in [5.74, 6) is -0.448. The lowest BCUT2D eigenvalue weighted by molar-refractivity contribution is 0.0933. The Hall–Kier alpha value is -3.02. The molecule has 1 amide bonds. The van der Waals surface area contributed by atoms with Crippen molar-refractivity contribution in [3.8, 4) is 17.3 Å². The predicted molar refractivity (Wildman–Crippen MR) is 116 cm³/mol. The van der Waals surface area contributed by atoms with Crippen LogP contribution in [0.5, 0.6) is 0 Å². The van der Waals surface area contributed by atoms with Crippen LogP contribution < -0.4 is 5.32 Å². The van der Waals surface area contributed by atoms with Crippen molar-refractivity contribution < 1.29 is 9.59 Å². The van der Waals surface area contributed by atoms with Crippen molar-refractivity contribution in [3.63, 3.8) is 0 Å². The molecule has 0 saturated heterocycles. The second-order valence-electron chi connectivity index (χ2n) is 6.93. The molecule has 9 heteroatoms. The summed E-state index contributed by atoms with van der Waals surface area (Å²) in [5, 5.41) is 18.9. The van der Waals surface area contributed by atoms with Crippen LogP contribution in [0.3, 0.4) is 0 Å². The molecule has 7 nitrogen and oxygen atoms in total. The van der Waals surface area contributed by atoms with Crippen LogP contribution in [0.2, 0.25) is 5.02 Å². The second-order valence-corrected chi connectivity index (χ2v) is 8.17. The van der Waals surface area contributed by atoms with E-state index >= 15 is 0 Å². The van der Waals surface area contributed by atoms with Gasteiger partial charge >= 0.3 is 0 Å². The maximum atomic E-state index is 12.3. The van der Waals surface area contributed by atoms with E-state index in [1.807, 2.05) is 32.2 Å². The van der Waals surface area contributed by atoms with Gasteiger partial charge in [-0.25, -0.2) is 4.98 Å². The smallest absolute Gasteiger partial charge is 0.270 e. The van der Waals surface area contributed by atoms with E-state index in [0.29, 0.717) is 28.6 Å². The summed E-state index contributed by atoms with van der Waals surface area (Å²) in [6.07, 6.45) is 2.54. The normalized spacial score (nSPS) is 11.7. The molecular formula is C21H20ClN5O2S. The molecule has 0 aliphatic rings. The van der Waals surface area contributed by atoms with Gasteiger partial charge in [0, 0.05) is 36.7 Å². The molecule has 0 spiro atoms. The van der Waals surface area contributed by atoms with Crippen LogP contribution in [0.4, 0.5) is 0 Å². The fraction of sp³-hybridized carbons (Fsp3) is 0.286. The highest BCUT2D eigenvalue weighted by Crippen LogP contribution is 2.29. The predicted octanol–water partition coefficient (Wildman–Crippen LogP) is 4.25. The van der Waals surface area contributed by atoms with Crippen LogP contribution >= 0.6 is 22.9 Å². The topological polar surface area (TPSA) is 101 Å². The zero-order chi connectivity index (χ0) is 21.8. The van der Waals surface area contributed by atoms with E-state index in [1.54, 1.807) is 16.1 Å². The molecule has 0 aliphatic carbocycles. The number of ketones is 1. The minimum Gasteiger partial charge on any atom is -0.348 e. The molecule has 0 fully saturated rings. The lowest BCUT2D eigenvalue weighted by Crippen LogP contribution is -2.33. The first-order chi connectivity index (χ1) is 14.3. The van der Waals surface area contributed by atoms with Gasteiger partial charge in [-0.05, 0) is 38.0 Å². The molecule has 0 saturated carbocycles. The number of rotatable bonds is 7. The Morgan fingerprint density at radius 2 is 2.13 bits per heavy atom. The largest absolute Gasteiger partial charge is 0.348 e. The molecule has 154 valence electrons. The van der Waals surface area contributed by atoms with Gasteiger partial charge in [-0.15, -0.1) is 11.3 Å². The van der Waals surface area contributed by atoms with E-state index in [2.05, 4.69) is 21.5 Å². The molecular weight excluding hydrogens is 422 g/mol. The lowest BCUT2D eigenvalue weighted by Gasteiger charge is -2.13. The van der Waals surface area contributed by atoms with Crippen molar-refractivity contribution in [2.75, 3.05) is 0 Å². The summed E-state index contributed by atoms with van der Waals surface area (Å²) in [6.45, 7) is 5.81. The molecule has 3 rings (SSSR count). The maximum absolute atomic E-state index is 12.3. The Morgan fingerprint density at radius 1 is 1.37 bits per heavy atom. The quantitative estimate of drug-likeness (QED) is 0.552. The lowest BCUT2D eigenvalue weighted by atomic mass is 10.0. The van der Waals surface area contributed by atoms with E-state index in [4.69, 9.17) is 16.9 Å². The van der Waals surface area contributed by atoms with Gasteiger partial charge in [0.15, 0.2) is 10.8 Å². The van der Waals surface area contributed by atoms with Crippen molar-refractivity contribution in [3.05, 3.63) is 56.6 Å². The van der Waals surface area contributed by atoms with Crippen LogP contribution in [0.15, 0.2) is 29.8 Å². The number of aryl methyl sites for hydroxylation is 1. The number of carbonyl (C=O) groups excluding carboxylic acids is 2. The third kappa shape index (κ3) is 4.75. The van der Waals surface area contributed by atoms with Crippen LogP contribution in [-0.4, -0.2) is 32.5 Å². The molecule has 3 aromatic rings. The zero-order valence-corrected chi connectivity index (χ0v) is 18.3. The minimum absolute atomic E-state index is 0.0984. The number of carbonyl (C=O) groups is 2. The van der Waals surface area contributed by atoms with Gasteiger partial charge in [0.1, 0.15) is 11.8 Å². The minimum atomic E-state index is -0.296. The van der Waals surface area contributed by atoms with E-state index < -0.39 is 0 Å². The monoisotopic (exact) mass is 441 g/mol. The van der Waals surface area contributed by atoms with Crippen LogP contribution in [0, 0.1) is 18.3 Å². The van der Waals surface area contributed by atoms with Gasteiger partial charge in [-0.3, -0.25) is 14.3 Å². The van der Waals surface area contributed by atoms with Crippen molar-refractivity contribution in [2.45, 2.75) is 39.8 Å². The average Bonchev–Trinajstić information content (AvgIpc) is 3.38. The Kier molecular flexibility index (Phi) is 6.65. The van der Waals surface area contributed by atoms with E-state index in [-0.39, 0.29) is 23.4 Å². The van der Waals surface area contributed by atoms with Crippen molar-refractivity contribution in [2.24, 2.45) is 0 Å². The molecule has 1 atom stereocenters. The maximum Gasteiger partial charge on any atom is 0.270 e. The summed E-state index contributed by atoms with van der Waals surface area (Å²) in [5.41, 5.74) is 3.16. The Labute approximate surface area is 183 Å². The van der Waals surface area contributed by atoms with Crippen molar-refractivity contribution in [1.29, 1.82) is 5.26 Å². The first-order valence-electron chi connectivity index (χ1n) is 9.30. The molecule has 2 heterocycles. The van der Waals surface area contributed by atoms with Crippen molar-refractivity contribution in [1.82, 2.24) is 20.1 Å². The van der Waals surface area contributed by atoms with Gasteiger partial charge < -0.3 is 5.32 Å². The Bertz CT molecular complexity index is 1140. The number of Topliss-reactive ketones (excluding diaryl/α,β-unsaturated/α-hetero) is 1. The number of aromatic nitrogens is 3. The van der Waals surface area contributed by atoms with Gasteiger partial charge in [0.25, 0.3) is 5.91 Å². The van der Waals surface area contributed by atoms with Gasteiger partial charge in [-0.1, -0.05) is 17.7 Å². The molecule has 1 aromatic carbocycles. The highest BCUT2D eigenvalue weighted by atomic mass is 35.5. The molecule has 1 N–H and O–H groups in total. The highest BCUT2D eigenvalue weighted by molar-refractivity contribution is 7.11. The summed E-state index contributed by atoms with van der Waals surface area (Å²) in [6, 6.07) is 7.41. The fourth-order valence-electron chi connectivity index (χ4n) is 2.91. The summed E-state index contributed by atoms with van der Waals surface area (Å²) in [7, 11) is 0. The number of hydrogen-bond acceptors (Lipinski definition) is 6. The van der Waals surface area contributed by atoms with Gasteiger partial charge in [0.05, 0.1) is 16.3 Å². The molecule has 0 radical (unpaired) electrons. The standard InChI is InChI=1S/C21H20ClN5O2S/c1-12(24-20(29)18-11-30-21(25-18)14(3)28)6-8-27-9-7-17(26-27)16-5-4-15(10-23)19(22)13(16)2/h4-5,7,9,11-12H,6,8H2,1-3H3,(H,24,29)/t12-/m1/s1. The third-order valence-electron chi connectivity index (χ3n) is 4.63. The zero-order valence-electron chi connectivity index (χ0n) is 16.8. The number of halogens is 1. The SMILES string of the molecule is CC(=O)c1nc(C(=O)N[C@H](C)CCn2ccc(-c3ccc(C#N)c(Cl)c3C)n2)cs1. The number of nitriles is 1. The van der Waals surface area contributed by atoms with E-state index in [9.17, 15) is 9.59 Å². The van der Waals surface area contributed by atoms with Crippen LogP contribution in [0.1, 0.15) is 51.7 Å². The summed E-state index contributed by atoms with van der Waals surface area (Å²) in [4.78, 5) is 27.7. The number of hydrogen-bond donors (Lipinski definition) is 1. The average molecular weight is 442 g/mol. The Morgan fingerprint density at radius 3 is 2.80 bits per heavy atom. The van der Waals surface area contributed by atoms with E-state index in [1.165, 1.54) is 18.3 Å². The first kappa shape index (κ1) is 21.7. The number of nitrogens with zero attached hydrogens (tertiary/aromatic N) is 4. The van der Waals surface area contributed by atoms with Gasteiger partial charge in [0.2, 0.25) is 0 Å². The first-order valence-corrected chi connectivity index (χ1v) is 10.6. The number of thiazole rings is 1. The van der Waals surface area contributed by atoms with Crippen molar-refractivity contribution >= 4 is 34.6 Å². The summed E-state index contributed by atoms with van der Waals surface area (Å²) < 4.78 is 1.81. The molecule has 0 unspecified atom stereocenters.